The normalized spacial score (nSPS) is 23.1. The van der Waals surface area contributed by atoms with E-state index in [0.717, 1.165) is 16.7 Å². The highest BCUT2D eigenvalue weighted by Gasteiger charge is 2.52. The van der Waals surface area contributed by atoms with Crippen LogP contribution in [0.15, 0.2) is 48.5 Å². The van der Waals surface area contributed by atoms with Gasteiger partial charge in [-0.3, -0.25) is 9.62 Å². The van der Waals surface area contributed by atoms with E-state index in [4.69, 9.17) is 0 Å². The van der Waals surface area contributed by atoms with E-state index >= 15 is 0 Å². The fraction of sp³-hybridized carbons (Fsp3) is 0.368. The molecule has 0 radical (unpaired) electrons. The first kappa shape index (κ1) is 18.3. The van der Waals surface area contributed by atoms with Crippen molar-refractivity contribution in [2.45, 2.75) is 24.4 Å². The van der Waals surface area contributed by atoms with Crippen molar-refractivity contribution in [3.63, 3.8) is 0 Å². The van der Waals surface area contributed by atoms with E-state index in [2.05, 4.69) is 4.72 Å². The minimum atomic E-state index is -2.76. The van der Waals surface area contributed by atoms with Crippen LogP contribution in [0.25, 0.3) is 11.1 Å². The van der Waals surface area contributed by atoms with Crippen LogP contribution in [-0.2, 0) is 6.42 Å². The molecule has 1 N–H and O–H groups in total. The molecule has 0 bridgehead atoms. The second-order valence-corrected chi connectivity index (χ2v) is 7.10. The van der Waals surface area contributed by atoms with E-state index in [9.17, 15) is 13.2 Å². The van der Waals surface area contributed by atoms with Crippen LogP contribution in [0, 0.1) is 5.82 Å². The Balaban J connectivity index is 1.84. The second kappa shape index (κ2) is 7.40. The molecule has 25 heavy (non-hydrogen) atoms. The molecule has 2 unspecified atom stereocenters. The van der Waals surface area contributed by atoms with Crippen LogP contribution in [0.4, 0.5) is 13.2 Å². The SMILES string of the molecule is CSNC1C(Cc2cccc(-c3cccc(F)c3)c2)N(C)CC1(F)F. The van der Waals surface area contributed by atoms with E-state index < -0.39 is 12.0 Å². The van der Waals surface area contributed by atoms with Crippen LogP contribution < -0.4 is 4.72 Å². The lowest BCUT2D eigenvalue weighted by molar-refractivity contribution is -0.00421. The van der Waals surface area contributed by atoms with Gasteiger partial charge in [-0.15, -0.1) is 0 Å². The van der Waals surface area contributed by atoms with Gasteiger partial charge in [0, 0.05) is 6.04 Å². The predicted molar refractivity (Wildman–Crippen MR) is 97.3 cm³/mol. The Hall–Kier alpha value is -1.50. The average Bonchev–Trinajstić information content (AvgIpc) is 2.78. The van der Waals surface area contributed by atoms with Crippen LogP contribution in [-0.4, -0.2) is 42.8 Å². The van der Waals surface area contributed by atoms with Gasteiger partial charge in [-0.25, -0.2) is 13.2 Å². The van der Waals surface area contributed by atoms with E-state index in [1.165, 1.54) is 24.1 Å². The number of likely N-dealkylation sites (N-methyl/N-ethyl adjacent to an activating group) is 1. The molecule has 1 aliphatic heterocycles. The van der Waals surface area contributed by atoms with Gasteiger partial charge >= 0.3 is 0 Å². The molecule has 6 heteroatoms. The summed E-state index contributed by atoms with van der Waals surface area (Å²) in [7, 11) is 1.73. The lowest BCUT2D eigenvalue weighted by Gasteiger charge is -2.26. The number of alkyl halides is 2. The fourth-order valence-electron chi connectivity index (χ4n) is 3.44. The summed E-state index contributed by atoms with van der Waals surface area (Å²) in [4.78, 5) is 1.71. The summed E-state index contributed by atoms with van der Waals surface area (Å²) in [6.45, 7) is -0.251. The van der Waals surface area contributed by atoms with Gasteiger partial charge in [0.1, 0.15) is 5.82 Å². The van der Waals surface area contributed by atoms with Crippen molar-refractivity contribution in [2.24, 2.45) is 0 Å². The van der Waals surface area contributed by atoms with Crippen LogP contribution in [0.1, 0.15) is 5.56 Å². The number of likely N-dealkylation sites (tertiary alicyclic amines) is 1. The predicted octanol–water partition coefficient (Wildman–Crippen LogP) is 4.22. The van der Waals surface area contributed by atoms with E-state index in [-0.39, 0.29) is 18.4 Å². The zero-order valence-electron chi connectivity index (χ0n) is 14.2. The molecule has 3 rings (SSSR count). The molecule has 1 aliphatic rings. The summed E-state index contributed by atoms with van der Waals surface area (Å²) in [6, 6.07) is 12.9. The maximum Gasteiger partial charge on any atom is 0.277 e. The minimum absolute atomic E-state index is 0.251. The lowest BCUT2D eigenvalue weighted by atomic mass is 9.96. The smallest absolute Gasteiger partial charge is 0.277 e. The first-order valence-electron chi connectivity index (χ1n) is 8.12. The molecule has 2 aromatic rings. The summed E-state index contributed by atoms with van der Waals surface area (Å²) < 4.78 is 44.8. The summed E-state index contributed by atoms with van der Waals surface area (Å²) in [5, 5.41) is 0. The Bertz CT molecular complexity index is 738. The summed E-state index contributed by atoms with van der Waals surface area (Å²) in [5.74, 6) is -3.05. The molecule has 0 aliphatic carbocycles. The maximum absolute atomic E-state index is 14.2. The van der Waals surface area contributed by atoms with Crippen molar-refractivity contribution in [3.05, 3.63) is 59.9 Å². The first-order valence-corrected chi connectivity index (χ1v) is 9.34. The lowest BCUT2D eigenvalue weighted by Crippen LogP contribution is -2.46. The molecule has 2 nitrogen and oxygen atoms in total. The monoisotopic (exact) mass is 366 g/mol. The fourth-order valence-corrected chi connectivity index (χ4v) is 4.02. The second-order valence-electron chi connectivity index (χ2n) is 6.46. The number of hydrogen-bond donors (Lipinski definition) is 1. The zero-order valence-corrected chi connectivity index (χ0v) is 15.0. The highest BCUT2D eigenvalue weighted by molar-refractivity contribution is 7.96. The standard InChI is InChI=1S/C19H21F3N2S/c1-24-12-19(21,22)18(23-25-2)17(24)10-13-5-3-6-14(9-13)15-7-4-8-16(20)11-15/h3-9,11,17-18,23H,10,12H2,1-2H3. The molecular formula is C19H21F3N2S. The van der Waals surface area contributed by atoms with Gasteiger partial charge in [0.25, 0.3) is 5.92 Å². The van der Waals surface area contributed by atoms with E-state index in [0.29, 0.717) is 6.42 Å². The Morgan fingerprint density at radius 2 is 1.84 bits per heavy atom. The van der Waals surface area contributed by atoms with Gasteiger partial charge in [0.2, 0.25) is 0 Å². The van der Waals surface area contributed by atoms with Gasteiger partial charge in [-0.2, -0.15) is 0 Å². The number of benzene rings is 2. The third-order valence-electron chi connectivity index (χ3n) is 4.64. The molecule has 134 valence electrons. The van der Waals surface area contributed by atoms with Crippen molar-refractivity contribution in [2.75, 3.05) is 19.8 Å². The molecule has 1 fully saturated rings. The molecular weight excluding hydrogens is 345 g/mol. The number of nitrogens with zero attached hydrogens (tertiary/aromatic N) is 1. The van der Waals surface area contributed by atoms with Crippen LogP contribution in [0.5, 0.6) is 0 Å². The van der Waals surface area contributed by atoms with Gasteiger partial charge < -0.3 is 0 Å². The number of rotatable bonds is 5. The minimum Gasteiger partial charge on any atom is -0.295 e. The van der Waals surface area contributed by atoms with Crippen molar-refractivity contribution in [1.82, 2.24) is 9.62 Å². The topological polar surface area (TPSA) is 15.3 Å². The average molecular weight is 366 g/mol. The zero-order chi connectivity index (χ0) is 18.0. The first-order chi connectivity index (χ1) is 11.9. The van der Waals surface area contributed by atoms with Crippen LogP contribution in [0.2, 0.25) is 0 Å². The van der Waals surface area contributed by atoms with E-state index in [1.54, 1.807) is 24.3 Å². The largest absolute Gasteiger partial charge is 0.295 e. The molecule has 0 aromatic heterocycles. The van der Waals surface area contributed by atoms with E-state index in [1.807, 2.05) is 30.3 Å². The Kier molecular flexibility index (Phi) is 5.41. The molecule has 1 heterocycles. The Morgan fingerprint density at radius 3 is 2.52 bits per heavy atom. The quantitative estimate of drug-likeness (QED) is 0.798. The summed E-state index contributed by atoms with van der Waals surface area (Å²) >= 11 is 1.22. The summed E-state index contributed by atoms with van der Waals surface area (Å²) in [6.07, 6.45) is 2.27. The number of hydrogen-bond acceptors (Lipinski definition) is 3. The van der Waals surface area contributed by atoms with Crippen molar-refractivity contribution in [1.29, 1.82) is 0 Å². The molecule has 2 atom stereocenters. The maximum atomic E-state index is 14.2. The van der Waals surface area contributed by atoms with Gasteiger partial charge in [0.15, 0.2) is 0 Å². The summed E-state index contributed by atoms with van der Waals surface area (Å²) in [5.41, 5.74) is 2.63. The molecule has 2 aromatic carbocycles. The molecule has 0 spiro atoms. The Labute approximate surface area is 150 Å². The highest BCUT2D eigenvalue weighted by Crippen LogP contribution is 2.34. The van der Waals surface area contributed by atoms with Crippen molar-refractivity contribution >= 4 is 11.9 Å². The van der Waals surface area contributed by atoms with Gasteiger partial charge in [-0.1, -0.05) is 48.3 Å². The van der Waals surface area contributed by atoms with Crippen LogP contribution in [0.3, 0.4) is 0 Å². The van der Waals surface area contributed by atoms with Crippen molar-refractivity contribution < 1.29 is 13.2 Å². The Morgan fingerprint density at radius 1 is 1.16 bits per heavy atom. The number of nitrogens with one attached hydrogen (secondary N) is 1. The van der Waals surface area contributed by atoms with Gasteiger partial charge in [-0.05, 0) is 48.5 Å². The van der Waals surface area contributed by atoms with Crippen molar-refractivity contribution in [3.8, 4) is 11.1 Å². The molecule has 0 amide bonds. The highest BCUT2D eigenvalue weighted by atomic mass is 32.2. The third-order valence-corrected chi connectivity index (χ3v) is 5.13. The third kappa shape index (κ3) is 4.02. The van der Waals surface area contributed by atoms with Crippen LogP contribution >= 0.6 is 11.9 Å². The van der Waals surface area contributed by atoms with Gasteiger partial charge in [0.05, 0.1) is 12.6 Å². The number of halogens is 3. The molecule has 0 saturated carbocycles. The molecule has 1 saturated heterocycles.